The third-order valence-electron chi connectivity index (χ3n) is 2.96. The van der Waals surface area contributed by atoms with Crippen molar-refractivity contribution in [1.29, 1.82) is 0 Å². The van der Waals surface area contributed by atoms with Gasteiger partial charge in [0.15, 0.2) is 0 Å². The van der Waals surface area contributed by atoms with Crippen LogP contribution in [-0.4, -0.2) is 24.7 Å². The van der Waals surface area contributed by atoms with Gasteiger partial charge in [0, 0.05) is 24.2 Å². The van der Waals surface area contributed by atoms with Crippen molar-refractivity contribution in [3.05, 3.63) is 23.8 Å². The lowest BCUT2D eigenvalue weighted by atomic mass is 10.1. The van der Waals surface area contributed by atoms with E-state index in [1.54, 1.807) is 7.11 Å². The first-order valence-electron chi connectivity index (χ1n) is 6.61. The molecular weight excluding hydrogens is 256 g/mol. The smallest absolute Gasteiger partial charge is 0.120 e. The molecule has 0 saturated carbocycles. The Morgan fingerprint density at radius 1 is 1.32 bits per heavy atom. The summed E-state index contributed by atoms with van der Waals surface area (Å²) >= 11 is 5.16. The molecule has 0 spiro atoms. The van der Waals surface area contributed by atoms with Crippen LogP contribution in [0, 0.1) is 5.92 Å². The third kappa shape index (κ3) is 4.10. The van der Waals surface area contributed by atoms with Gasteiger partial charge in [-0.05, 0) is 31.9 Å². The Morgan fingerprint density at radius 3 is 2.37 bits per heavy atom. The van der Waals surface area contributed by atoms with Crippen LogP contribution in [0.4, 0.5) is 5.69 Å². The maximum atomic E-state index is 5.84. The van der Waals surface area contributed by atoms with Gasteiger partial charge < -0.3 is 15.4 Å². The fourth-order valence-electron chi connectivity index (χ4n) is 2.07. The predicted octanol–water partition coefficient (Wildman–Crippen LogP) is 3.20. The largest absolute Gasteiger partial charge is 0.497 e. The molecule has 2 N–H and O–H groups in total. The van der Waals surface area contributed by atoms with E-state index in [0.29, 0.717) is 16.9 Å². The van der Waals surface area contributed by atoms with Crippen LogP contribution in [0.3, 0.4) is 0 Å². The molecule has 0 aromatic heterocycles. The Labute approximate surface area is 121 Å². The first-order valence-corrected chi connectivity index (χ1v) is 7.02. The minimum absolute atomic E-state index is 0.377. The molecule has 106 valence electrons. The molecule has 1 aromatic rings. The number of thiocarbonyl (C=S) groups is 1. The molecule has 0 aliphatic heterocycles. The van der Waals surface area contributed by atoms with E-state index < -0.39 is 0 Å². The molecule has 0 amide bonds. The number of nitrogens with zero attached hydrogens (tertiary/aromatic N) is 1. The molecule has 0 aliphatic rings. The van der Waals surface area contributed by atoms with E-state index in [0.717, 1.165) is 23.5 Å². The fourth-order valence-corrected chi connectivity index (χ4v) is 2.24. The number of rotatable bonds is 6. The molecule has 0 fully saturated rings. The molecule has 3 nitrogen and oxygen atoms in total. The Kier molecular flexibility index (Phi) is 5.60. The summed E-state index contributed by atoms with van der Waals surface area (Å²) in [5, 5.41) is 0. The lowest BCUT2D eigenvalue weighted by Crippen LogP contribution is -2.35. The second-order valence-electron chi connectivity index (χ2n) is 5.39. The van der Waals surface area contributed by atoms with Gasteiger partial charge in [0.2, 0.25) is 0 Å². The average Bonchev–Trinajstić information content (AvgIpc) is 2.34. The number of methoxy groups -OCH3 is 1. The SMILES string of the molecule is COc1ccc(C(N)=S)c(N(CC(C)C)C(C)C)c1. The van der Waals surface area contributed by atoms with Gasteiger partial charge in [-0.2, -0.15) is 0 Å². The monoisotopic (exact) mass is 280 g/mol. The van der Waals surface area contributed by atoms with Crippen molar-refractivity contribution in [1.82, 2.24) is 0 Å². The van der Waals surface area contributed by atoms with E-state index in [9.17, 15) is 0 Å². The van der Waals surface area contributed by atoms with Crippen LogP contribution < -0.4 is 15.4 Å². The summed E-state index contributed by atoms with van der Waals surface area (Å²) in [6, 6.07) is 6.22. The Bertz CT molecular complexity index is 444. The van der Waals surface area contributed by atoms with E-state index in [-0.39, 0.29) is 0 Å². The van der Waals surface area contributed by atoms with Gasteiger partial charge in [-0.15, -0.1) is 0 Å². The van der Waals surface area contributed by atoms with Crippen LogP contribution in [0.25, 0.3) is 0 Å². The molecule has 4 heteroatoms. The third-order valence-corrected chi connectivity index (χ3v) is 3.18. The number of anilines is 1. The van der Waals surface area contributed by atoms with Gasteiger partial charge in [0.25, 0.3) is 0 Å². The minimum Gasteiger partial charge on any atom is -0.497 e. The molecule has 0 unspecified atom stereocenters. The van der Waals surface area contributed by atoms with Gasteiger partial charge in [-0.3, -0.25) is 0 Å². The van der Waals surface area contributed by atoms with Gasteiger partial charge in [-0.25, -0.2) is 0 Å². The van der Waals surface area contributed by atoms with Crippen LogP contribution in [0.2, 0.25) is 0 Å². The second kappa shape index (κ2) is 6.75. The van der Waals surface area contributed by atoms with Crippen molar-refractivity contribution in [3.63, 3.8) is 0 Å². The molecule has 0 radical (unpaired) electrons. The predicted molar refractivity (Wildman–Crippen MR) is 86.2 cm³/mol. The lowest BCUT2D eigenvalue weighted by Gasteiger charge is -2.32. The van der Waals surface area contributed by atoms with Crippen molar-refractivity contribution in [3.8, 4) is 5.75 Å². The van der Waals surface area contributed by atoms with Crippen LogP contribution in [0.1, 0.15) is 33.3 Å². The van der Waals surface area contributed by atoms with Crippen LogP contribution in [0.5, 0.6) is 5.75 Å². The number of ether oxygens (including phenoxy) is 1. The number of hydrogen-bond acceptors (Lipinski definition) is 3. The second-order valence-corrected chi connectivity index (χ2v) is 5.83. The highest BCUT2D eigenvalue weighted by molar-refractivity contribution is 7.80. The lowest BCUT2D eigenvalue weighted by molar-refractivity contribution is 0.414. The van der Waals surface area contributed by atoms with Crippen molar-refractivity contribution < 1.29 is 4.74 Å². The maximum absolute atomic E-state index is 5.84. The van der Waals surface area contributed by atoms with Crippen molar-refractivity contribution in [2.24, 2.45) is 11.7 Å². The maximum Gasteiger partial charge on any atom is 0.120 e. The van der Waals surface area contributed by atoms with Crippen molar-refractivity contribution in [2.75, 3.05) is 18.6 Å². The number of nitrogens with two attached hydrogens (primary N) is 1. The zero-order chi connectivity index (χ0) is 14.6. The zero-order valence-electron chi connectivity index (χ0n) is 12.4. The molecule has 0 atom stereocenters. The summed E-state index contributed by atoms with van der Waals surface area (Å²) in [6.07, 6.45) is 0. The topological polar surface area (TPSA) is 38.5 Å². The summed E-state index contributed by atoms with van der Waals surface area (Å²) < 4.78 is 5.31. The molecule has 0 heterocycles. The van der Waals surface area contributed by atoms with Crippen LogP contribution in [0.15, 0.2) is 18.2 Å². The number of benzene rings is 1. The quantitative estimate of drug-likeness (QED) is 0.812. The molecule has 0 aliphatic carbocycles. The van der Waals surface area contributed by atoms with E-state index in [1.807, 2.05) is 18.2 Å². The van der Waals surface area contributed by atoms with Gasteiger partial charge in [0.1, 0.15) is 10.7 Å². The van der Waals surface area contributed by atoms with E-state index in [1.165, 1.54) is 0 Å². The Morgan fingerprint density at radius 2 is 1.95 bits per heavy atom. The standard InChI is InChI=1S/C15H24N2OS/c1-10(2)9-17(11(3)4)14-8-12(18-5)6-7-13(14)15(16)19/h6-8,10-11H,9H2,1-5H3,(H2,16,19). The van der Waals surface area contributed by atoms with E-state index in [2.05, 4.69) is 32.6 Å². The molecule has 0 bridgehead atoms. The first kappa shape index (κ1) is 15.8. The van der Waals surface area contributed by atoms with Gasteiger partial charge in [0.05, 0.1) is 12.8 Å². The molecule has 0 saturated heterocycles. The Balaban J connectivity index is 3.28. The average molecular weight is 280 g/mol. The van der Waals surface area contributed by atoms with E-state index in [4.69, 9.17) is 22.7 Å². The van der Waals surface area contributed by atoms with E-state index >= 15 is 0 Å². The fraction of sp³-hybridized carbons (Fsp3) is 0.533. The van der Waals surface area contributed by atoms with Crippen molar-refractivity contribution >= 4 is 22.9 Å². The summed E-state index contributed by atoms with van der Waals surface area (Å²) in [5.41, 5.74) is 7.80. The summed E-state index contributed by atoms with van der Waals surface area (Å²) in [4.78, 5) is 2.74. The molecule has 19 heavy (non-hydrogen) atoms. The highest BCUT2D eigenvalue weighted by Crippen LogP contribution is 2.28. The summed E-state index contributed by atoms with van der Waals surface area (Å²) in [7, 11) is 1.67. The van der Waals surface area contributed by atoms with Gasteiger partial charge >= 0.3 is 0 Å². The zero-order valence-corrected chi connectivity index (χ0v) is 13.3. The summed E-state index contributed by atoms with van der Waals surface area (Å²) in [6.45, 7) is 9.71. The highest BCUT2D eigenvalue weighted by Gasteiger charge is 2.17. The van der Waals surface area contributed by atoms with Crippen LogP contribution in [-0.2, 0) is 0 Å². The van der Waals surface area contributed by atoms with Crippen molar-refractivity contribution in [2.45, 2.75) is 33.7 Å². The number of hydrogen-bond donors (Lipinski definition) is 1. The minimum atomic E-state index is 0.377. The highest BCUT2D eigenvalue weighted by atomic mass is 32.1. The molecule has 1 rings (SSSR count). The molecule has 1 aromatic carbocycles. The first-order chi connectivity index (χ1) is 8.86. The summed E-state index contributed by atoms with van der Waals surface area (Å²) in [5.74, 6) is 1.39. The normalized spacial score (nSPS) is 10.9. The Hall–Kier alpha value is -1.29. The van der Waals surface area contributed by atoms with Crippen LogP contribution >= 0.6 is 12.2 Å². The molecular formula is C15H24N2OS. The van der Waals surface area contributed by atoms with Gasteiger partial charge in [-0.1, -0.05) is 26.1 Å².